The molecule has 2 rings (SSSR count). The molecule has 0 amide bonds. The summed E-state index contributed by atoms with van der Waals surface area (Å²) in [5.74, 6) is 1.10. The summed E-state index contributed by atoms with van der Waals surface area (Å²) in [6, 6.07) is 2.71. The molecule has 0 aromatic carbocycles. The number of hydrogen-bond acceptors (Lipinski definition) is 4. The molecule has 0 spiro atoms. The molecule has 0 radical (unpaired) electrons. The number of piperidine rings is 1. The minimum atomic E-state index is 0.536. The van der Waals surface area contributed by atoms with Gasteiger partial charge in [-0.15, -0.1) is 0 Å². The summed E-state index contributed by atoms with van der Waals surface area (Å²) >= 11 is 3.52. The SMILES string of the molecule is COCCNCC1CCCCN1c1cc(C)c(Br)cn1. The summed E-state index contributed by atoms with van der Waals surface area (Å²) in [6.07, 6.45) is 5.71. The fraction of sp³-hybridized carbons (Fsp3) is 0.667. The Kier molecular flexibility index (Phi) is 6.26. The summed E-state index contributed by atoms with van der Waals surface area (Å²) in [7, 11) is 1.74. The van der Waals surface area contributed by atoms with Crippen LogP contribution in [0.2, 0.25) is 0 Å². The van der Waals surface area contributed by atoms with Crippen molar-refractivity contribution in [3.8, 4) is 0 Å². The lowest BCUT2D eigenvalue weighted by molar-refractivity contribution is 0.198. The van der Waals surface area contributed by atoms with E-state index in [2.05, 4.69) is 44.1 Å². The number of ether oxygens (including phenoxy) is 1. The number of aryl methyl sites for hydroxylation is 1. The lowest BCUT2D eigenvalue weighted by Crippen LogP contribution is -2.46. The highest BCUT2D eigenvalue weighted by Gasteiger charge is 2.23. The molecule has 0 saturated carbocycles. The number of methoxy groups -OCH3 is 1. The number of hydrogen-bond donors (Lipinski definition) is 1. The number of aromatic nitrogens is 1. The van der Waals surface area contributed by atoms with Gasteiger partial charge in [-0.2, -0.15) is 0 Å². The monoisotopic (exact) mass is 341 g/mol. The van der Waals surface area contributed by atoms with Crippen LogP contribution in [0.4, 0.5) is 5.82 Å². The van der Waals surface area contributed by atoms with E-state index in [1.54, 1.807) is 7.11 Å². The molecule has 1 aliphatic rings. The molecule has 1 N–H and O–H groups in total. The average molecular weight is 342 g/mol. The van der Waals surface area contributed by atoms with Crippen molar-refractivity contribution in [1.82, 2.24) is 10.3 Å². The van der Waals surface area contributed by atoms with Gasteiger partial charge in [0, 0.05) is 43.5 Å². The van der Waals surface area contributed by atoms with Gasteiger partial charge in [-0.3, -0.25) is 0 Å². The van der Waals surface area contributed by atoms with Crippen LogP contribution < -0.4 is 10.2 Å². The first kappa shape index (κ1) is 15.7. The second-order valence-corrected chi connectivity index (χ2v) is 6.19. The number of rotatable bonds is 6. The number of anilines is 1. The number of pyridine rings is 1. The van der Waals surface area contributed by atoms with E-state index in [0.29, 0.717) is 6.04 Å². The fourth-order valence-electron chi connectivity index (χ4n) is 2.64. The lowest BCUT2D eigenvalue weighted by atomic mass is 10.0. The Morgan fingerprint density at radius 2 is 2.35 bits per heavy atom. The van der Waals surface area contributed by atoms with E-state index in [9.17, 15) is 0 Å². The molecule has 1 saturated heterocycles. The fourth-order valence-corrected chi connectivity index (χ4v) is 2.86. The van der Waals surface area contributed by atoms with Crippen LogP contribution in [-0.2, 0) is 4.74 Å². The summed E-state index contributed by atoms with van der Waals surface area (Å²) in [4.78, 5) is 7.03. The topological polar surface area (TPSA) is 37.4 Å². The van der Waals surface area contributed by atoms with Crippen molar-refractivity contribution in [3.63, 3.8) is 0 Å². The zero-order valence-corrected chi connectivity index (χ0v) is 13.9. The zero-order valence-electron chi connectivity index (χ0n) is 12.4. The highest BCUT2D eigenvalue weighted by molar-refractivity contribution is 9.10. The van der Waals surface area contributed by atoms with Crippen LogP contribution in [0.3, 0.4) is 0 Å². The van der Waals surface area contributed by atoms with Crippen LogP contribution in [0.1, 0.15) is 24.8 Å². The first-order valence-electron chi connectivity index (χ1n) is 7.31. The summed E-state index contributed by atoms with van der Waals surface area (Å²) in [6.45, 7) is 5.89. The maximum absolute atomic E-state index is 5.08. The smallest absolute Gasteiger partial charge is 0.129 e. The van der Waals surface area contributed by atoms with Gasteiger partial charge in [0.15, 0.2) is 0 Å². The van der Waals surface area contributed by atoms with Crippen LogP contribution in [0.25, 0.3) is 0 Å². The normalized spacial score (nSPS) is 19.4. The standard InChI is InChI=1S/C15H24BrN3O/c1-12-9-15(18-11-14(12)16)19-7-4-3-5-13(19)10-17-6-8-20-2/h9,11,13,17H,3-8,10H2,1-2H3. The highest BCUT2D eigenvalue weighted by Crippen LogP contribution is 2.25. The number of halogens is 1. The summed E-state index contributed by atoms with van der Waals surface area (Å²) in [5, 5.41) is 3.48. The molecule has 1 atom stereocenters. The summed E-state index contributed by atoms with van der Waals surface area (Å²) in [5.41, 5.74) is 1.24. The lowest BCUT2D eigenvalue weighted by Gasteiger charge is -2.37. The van der Waals surface area contributed by atoms with Gasteiger partial charge in [0.2, 0.25) is 0 Å². The maximum Gasteiger partial charge on any atom is 0.129 e. The molecule has 0 aliphatic carbocycles. The van der Waals surface area contributed by atoms with E-state index in [1.165, 1.54) is 24.8 Å². The predicted octanol–water partition coefficient (Wildman–Crippen LogP) is 2.75. The van der Waals surface area contributed by atoms with Gasteiger partial charge < -0.3 is 15.0 Å². The molecular weight excluding hydrogens is 318 g/mol. The molecular formula is C15H24BrN3O. The van der Waals surface area contributed by atoms with Crippen molar-refractivity contribution in [2.75, 3.05) is 38.3 Å². The van der Waals surface area contributed by atoms with Crippen molar-refractivity contribution in [1.29, 1.82) is 0 Å². The molecule has 1 aromatic heterocycles. The minimum Gasteiger partial charge on any atom is -0.383 e. The van der Waals surface area contributed by atoms with Crippen molar-refractivity contribution >= 4 is 21.7 Å². The van der Waals surface area contributed by atoms with Crippen LogP contribution >= 0.6 is 15.9 Å². The van der Waals surface area contributed by atoms with Crippen molar-refractivity contribution in [2.24, 2.45) is 0 Å². The van der Waals surface area contributed by atoms with Crippen molar-refractivity contribution in [2.45, 2.75) is 32.2 Å². The van der Waals surface area contributed by atoms with Gasteiger partial charge in [0.25, 0.3) is 0 Å². The predicted molar refractivity (Wildman–Crippen MR) is 86.4 cm³/mol. The minimum absolute atomic E-state index is 0.536. The second kappa shape index (κ2) is 7.96. The average Bonchev–Trinajstić information content (AvgIpc) is 2.47. The van der Waals surface area contributed by atoms with Gasteiger partial charge in [0.05, 0.1) is 6.61 Å². The Labute approximate surface area is 130 Å². The Morgan fingerprint density at radius 3 is 3.10 bits per heavy atom. The third-order valence-electron chi connectivity index (χ3n) is 3.82. The first-order valence-corrected chi connectivity index (χ1v) is 8.10. The van der Waals surface area contributed by atoms with E-state index >= 15 is 0 Å². The molecule has 1 aliphatic heterocycles. The first-order chi connectivity index (χ1) is 9.72. The molecule has 0 bridgehead atoms. The molecule has 5 heteroatoms. The molecule has 1 fully saturated rings. The number of nitrogens with zero attached hydrogens (tertiary/aromatic N) is 2. The Balaban J connectivity index is 2.00. The third-order valence-corrected chi connectivity index (χ3v) is 4.65. The Bertz CT molecular complexity index is 428. The highest BCUT2D eigenvalue weighted by atomic mass is 79.9. The zero-order chi connectivity index (χ0) is 14.4. The van der Waals surface area contributed by atoms with Gasteiger partial charge in [-0.1, -0.05) is 0 Å². The maximum atomic E-state index is 5.08. The summed E-state index contributed by atoms with van der Waals surface area (Å²) < 4.78 is 6.15. The number of nitrogens with one attached hydrogen (secondary N) is 1. The van der Waals surface area contributed by atoms with E-state index in [-0.39, 0.29) is 0 Å². The molecule has 1 unspecified atom stereocenters. The van der Waals surface area contributed by atoms with E-state index in [4.69, 9.17) is 4.74 Å². The van der Waals surface area contributed by atoms with Gasteiger partial charge in [-0.25, -0.2) is 4.98 Å². The van der Waals surface area contributed by atoms with Gasteiger partial charge in [-0.05, 0) is 53.7 Å². The van der Waals surface area contributed by atoms with E-state index < -0.39 is 0 Å². The third kappa shape index (κ3) is 4.17. The van der Waals surface area contributed by atoms with E-state index in [1.807, 2.05) is 6.20 Å². The van der Waals surface area contributed by atoms with Gasteiger partial charge in [0.1, 0.15) is 5.82 Å². The van der Waals surface area contributed by atoms with E-state index in [0.717, 1.165) is 36.5 Å². The molecule has 112 valence electrons. The Morgan fingerprint density at radius 1 is 1.50 bits per heavy atom. The second-order valence-electron chi connectivity index (χ2n) is 5.33. The Hall–Kier alpha value is -0.650. The molecule has 1 aromatic rings. The molecule has 2 heterocycles. The molecule has 4 nitrogen and oxygen atoms in total. The quantitative estimate of drug-likeness (QED) is 0.807. The van der Waals surface area contributed by atoms with Gasteiger partial charge >= 0.3 is 0 Å². The largest absolute Gasteiger partial charge is 0.383 e. The molecule has 20 heavy (non-hydrogen) atoms. The van der Waals surface area contributed by atoms with Crippen LogP contribution in [-0.4, -0.2) is 44.4 Å². The van der Waals surface area contributed by atoms with Crippen molar-refractivity contribution < 1.29 is 4.74 Å². The van der Waals surface area contributed by atoms with Crippen LogP contribution in [0.15, 0.2) is 16.7 Å². The van der Waals surface area contributed by atoms with Crippen LogP contribution in [0.5, 0.6) is 0 Å². The van der Waals surface area contributed by atoms with Crippen molar-refractivity contribution in [3.05, 3.63) is 22.3 Å². The van der Waals surface area contributed by atoms with Crippen LogP contribution in [0, 0.1) is 6.92 Å².